The number of nitrogens with zero attached hydrogens (tertiary/aromatic N) is 4. The van der Waals surface area contributed by atoms with Gasteiger partial charge in [-0.1, -0.05) is 6.42 Å². The molecule has 2 heterocycles. The minimum absolute atomic E-state index is 0.141. The van der Waals surface area contributed by atoms with Crippen LogP contribution in [0, 0.1) is 5.92 Å². The van der Waals surface area contributed by atoms with Gasteiger partial charge in [0.05, 0.1) is 10.4 Å². The highest BCUT2D eigenvalue weighted by Gasteiger charge is 2.68. The summed E-state index contributed by atoms with van der Waals surface area (Å²) in [4.78, 5) is 12.5. The van der Waals surface area contributed by atoms with Gasteiger partial charge in [-0.2, -0.15) is 28.4 Å². The van der Waals surface area contributed by atoms with Crippen molar-refractivity contribution in [2.45, 2.75) is 37.6 Å². The predicted octanol–water partition coefficient (Wildman–Crippen LogP) is 2.44. The van der Waals surface area contributed by atoms with E-state index >= 15 is 0 Å². The van der Waals surface area contributed by atoms with Gasteiger partial charge in [-0.3, -0.25) is 9.48 Å². The van der Waals surface area contributed by atoms with Crippen LogP contribution in [-0.4, -0.2) is 43.4 Å². The molecule has 126 valence electrons. The maximum atomic E-state index is 13.6. The second-order valence-corrected chi connectivity index (χ2v) is 6.58. The lowest BCUT2D eigenvalue weighted by molar-refractivity contribution is -0.312. The van der Waals surface area contributed by atoms with E-state index in [0.717, 1.165) is 0 Å². The van der Waals surface area contributed by atoms with E-state index in [9.17, 15) is 23.1 Å². The Morgan fingerprint density at radius 2 is 2.17 bits per heavy atom. The molecule has 0 aromatic carbocycles. The lowest BCUT2D eigenvalue weighted by Gasteiger charge is -2.37. The number of aryl methyl sites for hydroxylation is 1. The largest absolute Gasteiger partial charge is 0.439 e. The van der Waals surface area contributed by atoms with Crippen LogP contribution in [0.25, 0.3) is 0 Å². The van der Waals surface area contributed by atoms with E-state index in [0.29, 0.717) is 19.3 Å². The molecule has 1 N–H and O–H groups in total. The van der Waals surface area contributed by atoms with E-state index in [1.54, 1.807) is 0 Å². The zero-order valence-electron chi connectivity index (χ0n) is 12.1. The van der Waals surface area contributed by atoms with Crippen LogP contribution in [-0.2, 0) is 7.05 Å². The van der Waals surface area contributed by atoms with Gasteiger partial charge in [0.1, 0.15) is 0 Å². The van der Waals surface area contributed by atoms with Gasteiger partial charge in [-0.15, -0.1) is 0 Å². The summed E-state index contributed by atoms with van der Waals surface area (Å²) < 4.78 is 42.3. The first kappa shape index (κ1) is 16.4. The number of rotatable bonds is 1. The van der Waals surface area contributed by atoms with E-state index in [1.807, 2.05) is 0 Å². The number of aromatic nitrogens is 2. The maximum Gasteiger partial charge on any atom is 0.439 e. The fourth-order valence-corrected chi connectivity index (χ4v) is 3.67. The van der Waals surface area contributed by atoms with Crippen LogP contribution < -0.4 is 0 Å². The van der Waals surface area contributed by atoms with Crippen molar-refractivity contribution >= 4 is 27.5 Å². The van der Waals surface area contributed by atoms with Crippen molar-refractivity contribution in [1.82, 2.24) is 14.8 Å². The second-order valence-electron chi connectivity index (χ2n) is 5.73. The van der Waals surface area contributed by atoms with Crippen LogP contribution in [0.5, 0.6) is 0 Å². The average molecular weight is 395 g/mol. The van der Waals surface area contributed by atoms with Crippen LogP contribution in [0.1, 0.15) is 36.2 Å². The molecule has 0 unspecified atom stereocenters. The third-order valence-electron chi connectivity index (χ3n) is 4.21. The van der Waals surface area contributed by atoms with Crippen LogP contribution in [0.2, 0.25) is 0 Å². The van der Waals surface area contributed by atoms with Gasteiger partial charge in [0.15, 0.2) is 5.69 Å². The zero-order valence-corrected chi connectivity index (χ0v) is 13.7. The molecule has 10 heteroatoms. The summed E-state index contributed by atoms with van der Waals surface area (Å²) >= 11 is 3.09. The van der Waals surface area contributed by atoms with Crippen molar-refractivity contribution in [3.63, 3.8) is 0 Å². The van der Waals surface area contributed by atoms with E-state index < -0.39 is 23.7 Å². The number of carbonyl (C=O) groups is 1. The highest BCUT2D eigenvalue weighted by molar-refractivity contribution is 9.10. The Morgan fingerprint density at radius 3 is 2.74 bits per heavy atom. The van der Waals surface area contributed by atoms with Gasteiger partial charge < -0.3 is 5.11 Å². The van der Waals surface area contributed by atoms with Crippen molar-refractivity contribution in [2.24, 2.45) is 18.1 Å². The molecule has 1 aromatic rings. The number of amides is 1. The normalized spacial score (nSPS) is 27.8. The summed E-state index contributed by atoms with van der Waals surface area (Å²) in [5.41, 5.74) is -3.33. The number of halogens is 4. The molecule has 1 aliphatic heterocycles. The Bertz CT molecular complexity index is 687. The fraction of sp³-hybridized carbons (Fsp3) is 0.615. The summed E-state index contributed by atoms with van der Waals surface area (Å²) in [6.07, 6.45) is -1.85. The SMILES string of the molecule is Cn1cc(Br)c(C(=O)N2N=C3CCCC[C@H]3[C@]2(O)C(F)(F)F)n1. The Hall–Kier alpha value is -1.42. The highest BCUT2D eigenvalue weighted by Crippen LogP contribution is 2.48. The van der Waals surface area contributed by atoms with Crippen molar-refractivity contribution < 1.29 is 23.1 Å². The number of aliphatic hydroxyl groups is 1. The molecule has 1 saturated carbocycles. The standard InChI is InChI=1S/C13H14BrF3N4O2/c1-20-6-8(14)10(19-20)11(22)21-12(23,13(15,16)17)7-4-2-3-5-9(7)18-21/h6-7,23H,2-5H2,1H3/t7-,12+/m1/s1. The molecule has 23 heavy (non-hydrogen) atoms. The lowest BCUT2D eigenvalue weighted by atomic mass is 9.80. The number of fused-ring (bicyclic) bond motifs is 1. The molecule has 6 nitrogen and oxygen atoms in total. The third kappa shape index (κ3) is 2.38. The summed E-state index contributed by atoms with van der Waals surface area (Å²) in [6, 6.07) is 0. The van der Waals surface area contributed by atoms with Gasteiger partial charge in [0, 0.05) is 19.0 Å². The molecular formula is C13H14BrF3N4O2. The number of alkyl halides is 3. The molecule has 2 aliphatic rings. The van der Waals surface area contributed by atoms with Gasteiger partial charge in [-0.25, -0.2) is 0 Å². The lowest BCUT2D eigenvalue weighted by Crippen LogP contribution is -2.61. The first-order valence-electron chi connectivity index (χ1n) is 7.06. The molecule has 0 saturated heterocycles. The van der Waals surface area contributed by atoms with Gasteiger partial charge in [-0.05, 0) is 35.2 Å². The minimum atomic E-state index is -5.02. The van der Waals surface area contributed by atoms with Crippen LogP contribution >= 0.6 is 15.9 Å². The van der Waals surface area contributed by atoms with E-state index in [4.69, 9.17) is 0 Å². The Balaban J connectivity index is 2.06. The first-order valence-corrected chi connectivity index (χ1v) is 7.85. The van der Waals surface area contributed by atoms with Crippen LogP contribution in [0.3, 0.4) is 0 Å². The van der Waals surface area contributed by atoms with Crippen molar-refractivity contribution in [2.75, 3.05) is 0 Å². The van der Waals surface area contributed by atoms with Crippen LogP contribution in [0.4, 0.5) is 13.2 Å². The van der Waals surface area contributed by atoms with Crippen LogP contribution in [0.15, 0.2) is 15.8 Å². The summed E-state index contributed by atoms with van der Waals surface area (Å²) in [5.74, 6) is -2.30. The molecule has 1 fully saturated rings. The van der Waals surface area contributed by atoms with Gasteiger partial charge in [0.2, 0.25) is 0 Å². The zero-order chi connectivity index (χ0) is 17.0. The topological polar surface area (TPSA) is 70.7 Å². The summed E-state index contributed by atoms with van der Waals surface area (Å²) in [7, 11) is 1.53. The molecule has 1 aromatic heterocycles. The molecule has 3 rings (SSSR count). The monoisotopic (exact) mass is 394 g/mol. The Kier molecular flexibility index (Phi) is 3.79. The summed E-state index contributed by atoms with van der Waals surface area (Å²) in [6.45, 7) is 0. The van der Waals surface area contributed by atoms with E-state index in [1.165, 1.54) is 17.9 Å². The molecule has 0 spiro atoms. The number of carbonyl (C=O) groups excluding carboxylic acids is 1. The smallest absolute Gasteiger partial charge is 0.362 e. The minimum Gasteiger partial charge on any atom is -0.362 e. The molecule has 1 amide bonds. The molecule has 0 radical (unpaired) electrons. The number of hydrogen-bond acceptors (Lipinski definition) is 4. The number of hydrazone groups is 1. The van der Waals surface area contributed by atoms with Gasteiger partial charge in [0.25, 0.3) is 11.6 Å². The van der Waals surface area contributed by atoms with E-state index in [2.05, 4.69) is 26.1 Å². The third-order valence-corrected chi connectivity index (χ3v) is 4.79. The highest BCUT2D eigenvalue weighted by atomic mass is 79.9. The summed E-state index contributed by atoms with van der Waals surface area (Å²) in [5, 5.41) is 18.3. The molecular weight excluding hydrogens is 381 g/mol. The first-order chi connectivity index (χ1) is 10.7. The average Bonchev–Trinajstić information content (AvgIpc) is 2.96. The molecule has 0 bridgehead atoms. The fourth-order valence-electron chi connectivity index (χ4n) is 3.12. The molecule has 2 atom stereocenters. The van der Waals surface area contributed by atoms with Gasteiger partial charge >= 0.3 is 6.18 Å². The molecule has 1 aliphatic carbocycles. The van der Waals surface area contributed by atoms with E-state index in [-0.39, 0.29) is 27.3 Å². The Morgan fingerprint density at radius 1 is 1.48 bits per heavy atom. The Labute approximate surface area is 138 Å². The predicted molar refractivity (Wildman–Crippen MR) is 77.5 cm³/mol. The van der Waals surface area contributed by atoms with Crippen molar-refractivity contribution in [3.8, 4) is 0 Å². The van der Waals surface area contributed by atoms with Crippen molar-refractivity contribution in [1.29, 1.82) is 0 Å². The maximum absolute atomic E-state index is 13.6. The van der Waals surface area contributed by atoms with Crippen molar-refractivity contribution in [3.05, 3.63) is 16.4 Å². The quantitative estimate of drug-likeness (QED) is 0.794. The second kappa shape index (κ2) is 5.30. The number of hydrogen-bond donors (Lipinski definition) is 1.